The molecule has 3 aromatic rings. The van der Waals surface area contributed by atoms with Crippen LogP contribution in [0.2, 0.25) is 0 Å². The zero-order valence-electron chi connectivity index (χ0n) is 18.8. The summed E-state index contributed by atoms with van der Waals surface area (Å²) in [6.45, 7) is 7.15. The van der Waals surface area contributed by atoms with Gasteiger partial charge in [0.05, 0.1) is 18.3 Å². The summed E-state index contributed by atoms with van der Waals surface area (Å²) in [6.07, 6.45) is -0.479. The van der Waals surface area contributed by atoms with Gasteiger partial charge in [-0.05, 0) is 63.2 Å². The molecule has 0 unspecified atom stereocenters. The van der Waals surface area contributed by atoms with Crippen molar-refractivity contribution in [1.29, 1.82) is 0 Å². The van der Waals surface area contributed by atoms with Crippen LogP contribution < -0.4 is 14.4 Å². The summed E-state index contributed by atoms with van der Waals surface area (Å²) >= 11 is 0. The van der Waals surface area contributed by atoms with E-state index in [2.05, 4.69) is 0 Å². The van der Waals surface area contributed by atoms with Crippen molar-refractivity contribution in [2.75, 3.05) is 19.1 Å². The molecule has 2 aromatic carbocycles. The fourth-order valence-electron chi connectivity index (χ4n) is 3.10. The number of hydrogen-bond donors (Lipinski definition) is 0. The van der Waals surface area contributed by atoms with Gasteiger partial charge < -0.3 is 19.1 Å². The Morgan fingerprint density at radius 2 is 1.65 bits per heavy atom. The summed E-state index contributed by atoms with van der Waals surface area (Å²) in [5.41, 5.74) is 1.48. The monoisotopic (exact) mass is 424 g/mol. The summed E-state index contributed by atoms with van der Waals surface area (Å²) in [7, 11) is 3.30. The molecule has 164 valence electrons. The third-order valence-electron chi connectivity index (χ3n) is 4.75. The first-order valence-corrected chi connectivity index (χ1v) is 9.98. The number of methoxy groups -OCH3 is 1. The molecule has 0 N–H and O–H groups in total. The molecule has 31 heavy (non-hydrogen) atoms. The summed E-state index contributed by atoms with van der Waals surface area (Å²) in [6, 6.07) is 14.6. The van der Waals surface area contributed by atoms with Crippen LogP contribution in [-0.2, 0) is 16.1 Å². The minimum Gasteiger partial charge on any atom is -0.497 e. The largest absolute Gasteiger partial charge is 0.497 e. The Hall–Kier alpha value is -3.48. The van der Waals surface area contributed by atoms with Gasteiger partial charge in [0.2, 0.25) is 5.91 Å². The molecule has 0 radical (unpaired) electrons. The van der Waals surface area contributed by atoms with E-state index in [0.717, 1.165) is 11.1 Å². The third kappa shape index (κ3) is 5.17. The highest BCUT2D eigenvalue weighted by molar-refractivity contribution is 5.92. The zero-order valence-corrected chi connectivity index (χ0v) is 18.8. The molecule has 0 saturated heterocycles. The summed E-state index contributed by atoms with van der Waals surface area (Å²) in [5.74, 6) is 1.22. The van der Waals surface area contributed by atoms with Crippen molar-refractivity contribution >= 4 is 28.6 Å². The van der Waals surface area contributed by atoms with Gasteiger partial charge in [-0.2, -0.15) is 0 Å². The number of carbonyl (C=O) groups excluding carboxylic acids is 2. The molecule has 3 rings (SSSR count). The normalized spacial score (nSPS) is 11.3. The van der Waals surface area contributed by atoms with Crippen molar-refractivity contribution in [3.8, 4) is 11.5 Å². The van der Waals surface area contributed by atoms with E-state index in [4.69, 9.17) is 14.2 Å². The highest BCUT2D eigenvalue weighted by Gasteiger charge is 2.23. The maximum Gasteiger partial charge on any atom is 0.419 e. The SMILES string of the molecule is COc1ccc2cc(COc3ccc(N(C)C(C)=O)cc3)n(C(=O)OC(C)(C)C)c2c1. The predicted octanol–water partition coefficient (Wildman–Crippen LogP) is 4.99. The first-order chi connectivity index (χ1) is 14.6. The molecule has 0 spiro atoms. The fourth-order valence-corrected chi connectivity index (χ4v) is 3.10. The van der Waals surface area contributed by atoms with Crippen LogP contribution in [0, 0.1) is 0 Å². The summed E-state index contributed by atoms with van der Waals surface area (Å²) < 4.78 is 18.4. The van der Waals surface area contributed by atoms with Gasteiger partial charge in [-0.3, -0.25) is 4.79 Å². The number of fused-ring (bicyclic) bond motifs is 1. The Bertz CT molecular complexity index is 1090. The van der Waals surface area contributed by atoms with Crippen LogP contribution in [0.15, 0.2) is 48.5 Å². The van der Waals surface area contributed by atoms with E-state index in [9.17, 15) is 9.59 Å². The number of rotatable bonds is 5. The molecule has 7 heteroatoms. The first kappa shape index (κ1) is 22.2. The van der Waals surface area contributed by atoms with E-state index in [0.29, 0.717) is 22.7 Å². The van der Waals surface area contributed by atoms with Crippen molar-refractivity contribution in [2.45, 2.75) is 39.9 Å². The van der Waals surface area contributed by atoms with Crippen LogP contribution >= 0.6 is 0 Å². The Kier molecular flexibility index (Phi) is 6.24. The maximum atomic E-state index is 13.0. The Labute approximate surface area is 182 Å². The molecule has 7 nitrogen and oxygen atoms in total. The van der Waals surface area contributed by atoms with Crippen LogP contribution in [0.25, 0.3) is 10.9 Å². The molecular formula is C24H28N2O5. The van der Waals surface area contributed by atoms with Crippen molar-refractivity contribution in [2.24, 2.45) is 0 Å². The second-order valence-corrected chi connectivity index (χ2v) is 8.24. The smallest absolute Gasteiger partial charge is 0.419 e. The highest BCUT2D eigenvalue weighted by atomic mass is 16.6. The van der Waals surface area contributed by atoms with E-state index in [-0.39, 0.29) is 12.5 Å². The zero-order chi connectivity index (χ0) is 22.8. The topological polar surface area (TPSA) is 70.0 Å². The minimum atomic E-state index is -0.636. The number of benzene rings is 2. The molecule has 0 aliphatic carbocycles. The van der Waals surface area contributed by atoms with Crippen molar-refractivity contribution in [3.63, 3.8) is 0 Å². The molecule has 0 bridgehead atoms. The lowest BCUT2D eigenvalue weighted by atomic mass is 10.2. The average molecular weight is 424 g/mol. The number of hydrogen-bond acceptors (Lipinski definition) is 5. The van der Waals surface area contributed by atoms with E-state index in [1.165, 1.54) is 11.5 Å². The number of anilines is 1. The lowest BCUT2D eigenvalue weighted by molar-refractivity contribution is -0.116. The quantitative estimate of drug-likeness (QED) is 0.577. The number of ether oxygens (including phenoxy) is 3. The average Bonchev–Trinajstić information content (AvgIpc) is 3.08. The molecule has 1 heterocycles. The first-order valence-electron chi connectivity index (χ1n) is 9.98. The van der Waals surface area contributed by atoms with Gasteiger partial charge in [0.25, 0.3) is 0 Å². The lowest BCUT2D eigenvalue weighted by Crippen LogP contribution is -2.28. The number of nitrogens with zero attached hydrogens (tertiary/aromatic N) is 2. The standard InChI is InChI=1S/C24H28N2O5/c1-16(27)25(5)18-8-11-20(12-9-18)30-15-19-13-17-7-10-21(29-6)14-22(17)26(19)23(28)31-24(2,3)4/h7-14H,15H2,1-6H3. The number of amides is 1. The van der Waals surface area contributed by atoms with Gasteiger partial charge >= 0.3 is 6.09 Å². The van der Waals surface area contributed by atoms with E-state index >= 15 is 0 Å². The van der Waals surface area contributed by atoms with Crippen molar-refractivity contribution in [1.82, 2.24) is 4.57 Å². The molecule has 0 aliphatic heterocycles. The van der Waals surface area contributed by atoms with Crippen LogP contribution in [-0.4, -0.2) is 36.3 Å². The minimum absolute atomic E-state index is 0.0500. The maximum absolute atomic E-state index is 13.0. The van der Waals surface area contributed by atoms with Gasteiger partial charge in [0.15, 0.2) is 0 Å². The van der Waals surface area contributed by atoms with Gasteiger partial charge in [0.1, 0.15) is 23.7 Å². The molecule has 1 amide bonds. The van der Waals surface area contributed by atoms with Crippen molar-refractivity contribution < 1.29 is 23.8 Å². The van der Waals surface area contributed by atoms with Crippen LogP contribution in [0.1, 0.15) is 33.4 Å². The second-order valence-electron chi connectivity index (χ2n) is 8.24. The van der Waals surface area contributed by atoms with Crippen LogP contribution in [0.5, 0.6) is 11.5 Å². The third-order valence-corrected chi connectivity index (χ3v) is 4.75. The van der Waals surface area contributed by atoms with Gasteiger partial charge in [-0.1, -0.05) is 0 Å². The molecule has 0 fully saturated rings. The number of aromatic nitrogens is 1. The number of carbonyl (C=O) groups is 2. The molecule has 1 aromatic heterocycles. The van der Waals surface area contributed by atoms with Gasteiger partial charge in [-0.25, -0.2) is 9.36 Å². The Balaban J connectivity index is 1.89. The lowest BCUT2D eigenvalue weighted by Gasteiger charge is -2.21. The molecule has 0 atom stereocenters. The van der Waals surface area contributed by atoms with E-state index in [1.807, 2.05) is 51.1 Å². The Morgan fingerprint density at radius 1 is 1.00 bits per heavy atom. The van der Waals surface area contributed by atoms with Crippen LogP contribution in [0.3, 0.4) is 0 Å². The second kappa shape index (κ2) is 8.71. The highest BCUT2D eigenvalue weighted by Crippen LogP contribution is 2.27. The summed E-state index contributed by atoms with van der Waals surface area (Å²) in [5, 5.41) is 0.878. The molecule has 0 saturated carbocycles. The molecular weight excluding hydrogens is 396 g/mol. The van der Waals surface area contributed by atoms with E-state index < -0.39 is 11.7 Å². The Morgan fingerprint density at radius 3 is 2.23 bits per heavy atom. The van der Waals surface area contributed by atoms with E-state index in [1.54, 1.807) is 37.3 Å². The van der Waals surface area contributed by atoms with Gasteiger partial charge in [-0.15, -0.1) is 0 Å². The fraction of sp³-hybridized carbons (Fsp3) is 0.333. The van der Waals surface area contributed by atoms with Gasteiger partial charge in [0, 0.05) is 31.1 Å². The van der Waals surface area contributed by atoms with Crippen molar-refractivity contribution in [3.05, 3.63) is 54.2 Å². The predicted molar refractivity (Wildman–Crippen MR) is 120 cm³/mol. The van der Waals surface area contributed by atoms with Crippen LogP contribution in [0.4, 0.5) is 10.5 Å². The summed E-state index contributed by atoms with van der Waals surface area (Å²) in [4.78, 5) is 26.0. The molecule has 0 aliphatic rings.